The number of sulfone groups is 1. The van der Waals surface area contributed by atoms with Crippen molar-refractivity contribution in [2.75, 3.05) is 25.1 Å². The SMILES string of the molecule is COc1ccc(S(=O)(=O)c2nc(CC(C)C)oc2N2CCC(C)CC2)cc1. The molecule has 2 heterocycles. The van der Waals surface area contributed by atoms with E-state index < -0.39 is 9.84 Å². The van der Waals surface area contributed by atoms with E-state index in [-0.39, 0.29) is 9.92 Å². The van der Waals surface area contributed by atoms with Crippen LogP contribution in [0.2, 0.25) is 0 Å². The number of hydrogen-bond acceptors (Lipinski definition) is 6. The molecule has 0 N–H and O–H groups in total. The van der Waals surface area contributed by atoms with E-state index in [0.717, 1.165) is 25.9 Å². The van der Waals surface area contributed by atoms with E-state index in [1.54, 1.807) is 31.4 Å². The minimum atomic E-state index is -3.77. The van der Waals surface area contributed by atoms with Crippen molar-refractivity contribution >= 4 is 15.7 Å². The van der Waals surface area contributed by atoms with Gasteiger partial charge in [0, 0.05) is 19.5 Å². The number of anilines is 1. The van der Waals surface area contributed by atoms with Crippen LogP contribution >= 0.6 is 0 Å². The number of rotatable bonds is 6. The van der Waals surface area contributed by atoms with Crippen LogP contribution in [0.4, 0.5) is 5.88 Å². The van der Waals surface area contributed by atoms with E-state index in [1.165, 1.54) is 0 Å². The van der Waals surface area contributed by atoms with Gasteiger partial charge in [0.1, 0.15) is 5.75 Å². The number of aromatic nitrogens is 1. The van der Waals surface area contributed by atoms with Crippen molar-refractivity contribution in [3.05, 3.63) is 30.2 Å². The van der Waals surface area contributed by atoms with E-state index in [2.05, 4.69) is 25.8 Å². The lowest BCUT2D eigenvalue weighted by atomic mass is 9.99. The van der Waals surface area contributed by atoms with Gasteiger partial charge in [-0.15, -0.1) is 0 Å². The molecule has 1 fully saturated rings. The van der Waals surface area contributed by atoms with Crippen molar-refractivity contribution < 1.29 is 17.6 Å². The van der Waals surface area contributed by atoms with Gasteiger partial charge >= 0.3 is 0 Å². The first-order valence-electron chi connectivity index (χ1n) is 9.45. The minimum Gasteiger partial charge on any atom is -0.497 e. The molecule has 2 aromatic rings. The lowest BCUT2D eigenvalue weighted by molar-refractivity contribution is 0.400. The first-order chi connectivity index (χ1) is 12.8. The molecule has 1 aromatic carbocycles. The summed E-state index contributed by atoms with van der Waals surface area (Å²) in [7, 11) is -2.22. The molecule has 1 aliphatic rings. The average molecular weight is 393 g/mol. The van der Waals surface area contributed by atoms with Gasteiger partial charge in [0.2, 0.25) is 20.7 Å². The molecule has 0 unspecified atom stereocenters. The molecule has 1 saturated heterocycles. The zero-order valence-electron chi connectivity index (χ0n) is 16.4. The normalized spacial score (nSPS) is 16.1. The minimum absolute atomic E-state index is 0.0258. The molecule has 0 bridgehead atoms. The monoisotopic (exact) mass is 392 g/mol. The molecule has 1 aliphatic heterocycles. The summed E-state index contributed by atoms with van der Waals surface area (Å²) in [5, 5.41) is 0.0258. The van der Waals surface area contributed by atoms with Gasteiger partial charge in [-0.2, -0.15) is 4.98 Å². The number of methoxy groups -OCH3 is 1. The Kier molecular flexibility index (Phi) is 5.79. The molecular formula is C20H28N2O4S. The fraction of sp³-hybridized carbons (Fsp3) is 0.550. The summed E-state index contributed by atoms with van der Waals surface area (Å²) in [6, 6.07) is 6.38. The maximum Gasteiger partial charge on any atom is 0.236 e. The van der Waals surface area contributed by atoms with E-state index in [1.807, 2.05) is 4.90 Å². The summed E-state index contributed by atoms with van der Waals surface area (Å²) >= 11 is 0. The average Bonchev–Trinajstić information content (AvgIpc) is 3.06. The lowest BCUT2D eigenvalue weighted by Crippen LogP contribution is -2.33. The molecule has 6 nitrogen and oxygen atoms in total. The highest BCUT2D eigenvalue weighted by atomic mass is 32.2. The summed E-state index contributed by atoms with van der Waals surface area (Å²) in [5.74, 6) is 2.44. The van der Waals surface area contributed by atoms with Crippen LogP contribution in [0.1, 0.15) is 39.5 Å². The molecule has 0 spiro atoms. The van der Waals surface area contributed by atoms with Crippen LogP contribution in [-0.2, 0) is 16.3 Å². The lowest BCUT2D eigenvalue weighted by Gasteiger charge is -2.30. The largest absolute Gasteiger partial charge is 0.497 e. The Labute approximate surface area is 161 Å². The predicted octanol–water partition coefficient (Wildman–Crippen LogP) is 3.95. The van der Waals surface area contributed by atoms with E-state index in [4.69, 9.17) is 9.15 Å². The zero-order chi connectivity index (χ0) is 19.6. The summed E-state index contributed by atoms with van der Waals surface area (Å²) < 4.78 is 37.6. The van der Waals surface area contributed by atoms with Crippen LogP contribution in [0.5, 0.6) is 5.75 Å². The molecule has 1 aromatic heterocycles. The summed E-state index contributed by atoms with van der Waals surface area (Å²) in [6.07, 6.45) is 2.64. The topological polar surface area (TPSA) is 72.6 Å². The van der Waals surface area contributed by atoms with Crippen molar-refractivity contribution in [2.45, 2.75) is 50.0 Å². The highest BCUT2D eigenvalue weighted by molar-refractivity contribution is 7.91. The van der Waals surface area contributed by atoms with Gasteiger partial charge < -0.3 is 14.1 Å². The van der Waals surface area contributed by atoms with Gasteiger partial charge in [-0.25, -0.2) is 8.42 Å². The van der Waals surface area contributed by atoms with Gasteiger partial charge in [-0.1, -0.05) is 20.8 Å². The fourth-order valence-corrected chi connectivity index (χ4v) is 4.57. The first kappa shape index (κ1) is 19.7. The third kappa shape index (κ3) is 4.29. The molecule has 0 saturated carbocycles. The molecule has 0 atom stereocenters. The van der Waals surface area contributed by atoms with Crippen LogP contribution in [-0.4, -0.2) is 33.6 Å². The third-order valence-corrected chi connectivity index (χ3v) is 6.57. The van der Waals surface area contributed by atoms with Crippen LogP contribution in [0.25, 0.3) is 0 Å². The van der Waals surface area contributed by atoms with Crippen LogP contribution in [0.15, 0.2) is 38.6 Å². The summed E-state index contributed by atoms with van der Waals surface area (Å²) in [5.41, 5.74) is 0. The first-order valence-corrected chi connectivity index (χ1v) is 10.9. The smallest absolute Gasteiger partial charge is 0.236 e. The van der Waals surface area contributed by atoms with Crippen molar-refractivity contribution in [3.8, 4) is 5.75 Å². The maximum absolute atomic E-state index is 13.3. The Bertz CT molecular complexity index is 864. The Hall–Kier alpha value is -2.02. The number of piperidine rings is 1. The summed E-state index contributed by atoms with van der Waals surface area (Å²) in [4.78, 5) is 6.62. The maximum atomic E-state index is 13.3. The highest BCUT2D eigenvalue weighted by Crippen LogP contribution is 2.34. The van der Waals surface area contributed by atoms with Crippen molar-refractivity contribution in [2.24, 2.45) is 11.8 Å². The number of nitrogens with zero attached hydrogens (tertiary/aromatic N) is 2. The number of oxazole rings is 1. The van der Waals surface area contributed by atoms with Gasteiger partial charge in [0.15, 0.2) is 5.89 Å². The molecule has 27 heavy (non-hydrogen) atoms. The second-order valence-electron chi connectivity index (χ2n) is 7.66. The van der Waals surface area contributed by atoms with Crippen molar-refractivity contribution in [3.63, 3.8) is 0 Å². The molecule has 7 heteroatoms. The number of hydrogen-bond donors (Lipinski definition) is 0. The molecule has 0 amide bonds. The van der Waals surface area contributed by atoms with Crippen LogP contribution in [0, 0.1) is 11.8 Å². The van der Waals surface area contributed by atoms with E-state index in [9.17, 15) is 8.42 Å². The number of ether oxygens (including phenoxy) is 1. The Morgan fingerprint density at radius 3 is 2.41 bits per heavy atom. The van der Waals surface area contributed by atoms with Crippen LogP contribution in [0.3, 0.4) is 0 Å². The molecule has 148 valence electrons. The summed E-state index contributed by atoms with van der Waals surface area (Å²) in [6.45, 7) is 7.90. The fourth-order valence-electron chi connectivity index (χ4n) is 3.23. The zero-order valence-corrected chi connectivity index (χ0v) is 17.3. The standard InChI is InChI=1S/C20H28N2O4S/c1-14(2)13-18-21-19(20(26-18)22-11-9-15(3)10-12-22)27(23,24)17-7-5-16(25-4)6-8-17/h5-8,14-15H,9-13H2,1-4H3. The highest BCUT2D eigenvalue weighted by Gasteiger charge is 2.32. The number of benzene rings is 1. The van der Waals surface area contributed by atoms with Gasteiger partial charge in [-0.3, -0.25) is 0 Å². The second-order valence-corrected chi connectivity index (χ2v) is 9.53. The van der Waals surface area contributed by atoms with E-state index >= 15 is 0 Å². The van der Waals surface area contributed by atoms with Gasteiger partial charge in [-0.05, 0) is 48.9 Å². The van der Waals surface area contributed by atoms with Crippen LogP contribution < -0.4 is 9.64 Å². The molecule has 3 rings (SSSR count). The molecule has 0 radical (unpaired) electrons. The Morgan fingerprint density at radius 2 is 1.85 bits per heavy atom. The Balaban J connectivity index is 2.01. The van der Waals surface area contributed by atoms with Gasteiger partial charge in [0.25, 0.3) is 0 Å². The molecular weight excluding hydrogens is 364 g/mol. The van der Waals surface area contributed by atoms with Crippen molar-refractivity contribution in [1.82, 2.24) is 4.98 Å². The quantitative estimate of drug-likeness (QED) is 0.741. The molecule has 0 aliphatic carbocycles. The van der Waals surface area contributed by atoms with Gasteiger partial charge in [0.05, 0.1) is 12.0 Å². The van der Waals surface area contributed by atoms with Crippen molar-refractivity contribution in [1.29, 1.82) is 0 Å². The third-order valence-electron chi connectivity index (χ3n) is 4.90. The Morgan fingerprint density at radius 1 is 1.22 bits per heavy atom. The predicted molar refractivity (Wildman–Crippen MR) is 104 cm³/mol. The van der Waals surface area contributed by atoms with E-state index in [0.29, 0.717) is 35.8 Å². The second kappa shape index (κ2) is 7.92.